The van der Waals surface area contributed by atoms with Gasteiger partial charge in [-0.25, -0.2) is 23.1 Å². The van der Waals surface area contributed by atoms with Crippen LogP contribution in [0.15, 0.2) is 41.5 Å². The van der Waals surface area contributed by atoms with E-state index in [1.165, 1.54) is 18.2 Å². The number of benzene rings is 1. The van der Waals surface area contributed by atoms with Gasteiger partial charge in [-0.15, -0.1) is 0 Å². The van der Waals surface area contributed by atoms with Crippen molar-refractivity contribution in [3.63, 3.8) is 0 Å². The van der Waals surface area contributed by atoms with Gasteiger partial charge in [-0.2, -0.15) is 8.78 Å². The fraction of sp³-hybridized carbons (Fsp3) is 0.381. The van der Waals surface area contributed by atoms with Gasteiger partial charge in [0.15, 0.2) is 11.1 Å². The molecule has 2 heterocycles. The Labute approximate surface area is 185 Å². The molecule has 7 nitrogen and oxygen atoms in total. The number of hydrogen-bond acceptors (Lipinski definition) is 6. The van der Waals surface area contributed by atoms with Gasteiger partial charge >= 0.3 is 5.92 Å². The molecule has 0 aliphatic carbocycles. The van der Waals surface area contributed by atoms with Gasteiger partial charge in [0.25, 0.3) is 18.4 Å². The van der Waals surface area contributed by atoms with Crippen LogP contribution in [0.3, 0.4) is 0 Å². The highest BCUT2D eigenvalue weighted by Gasteiger charge is 2.66. The number of pyridine rings is 1. The molecule has 1 aromatic carbocycles. The number of anilines is 1. The van der Waals surface area contributed by atoms with Crippen LogP contribution in [-0.4, -0.2) is 41.5 Å². The predicted octanol–water partition coefficient (Wildman–Crippen LogP) is 4.09. The van der Waals surface area contributed by atoms with E-state index in [4.69, 9.17) is 15.2 Å². The number of ether oxygens (including phenoxy) is 2. The number of rotatable bonds is 6. The van der Waals surface area contributed by atoms with Crippen LogP contribution < -0.4 is 15.8 Å². The largest absolute Gasteiger partial charge is 0.486 e. The number of carbonyl (C=O) groups excluding carboxylic acids is 1. The number of alkyl halides is 4. The predicted molar refractivity (Wildman–Crippen MR) is 109 cm³/mol. The minimum absolute atomic E-state index is 0.00804. The summed E-state index contributed by atoms with van der Waals surface area (Å²) in [5, 5.41) is 2.43. The lowest BCUT2D eigenvalue weighted by Crippen LogP contribution is -2.62. The number of aliphatic imine (C=N–C) groups is 1. The third-order valence-electron chi connectivity index (χ3n) is 5.15. The summed E-state index contributed by atoms with van der Waals surface area (Å²) in [7, 11) is 0. The zero-order valence-corrected chi connectivity index (χ0v) is 17.8. The molecule has 0 saturated heterocycles. The molecule has 0 bridgehead atoms. The number of amidine groups is 1. The molecule has 2 aromatic rings. The second-order valence-electron chi connectivity index (χ2n) is 7.94. The number of nitrogens with two attached hydrogens (primary N) is 1. The number of amides is 1. The zero-order valence-electron chi connectivity index (χ0n) is 17.8. The topological polar surface area (TPSA) is 98.8 Å². The highest BCUT2D eigenvalue weighted by Crippen LogP contribution is 2.51. The molecule has 0 unspecified atom stereocenters. The standard InChI is InChI=1S/C21H21F5N4O3/c1-19(2)21(25,26)20(3,30-18(27)33-19)13-8-11(4-6-14(13)22)29-17(31)15-7-5-12(9-28-15)32-10-16(23)24/h4-9,16H,10H2,1-3H3,(H2,27,30)(H,29,31)/t20-/m1/s1. The molecule has 3 N–H and O–H groups in total. The lowest BCUT2D eigenvalue weighted by Gasteiger charge is -2.46. The van der Waals surface area contributed by atoms with E-state index < -0.39 is 53.4 Å². The third kappa shape index (κ3) is 4.55. The summed E-state index contributed by atoms with van der Waals surface area (Å²) in [4.78, 5) is 20.0. The van der Waals surface area contributed by atoms with E-state index in [1.807, 2.05) is 0 Å². The number of nitrogens with zero attached hydrogens (tertiary/aromatic N) is 2. The lowest BCUT2D eigenvalue weighted by molar-refractivity contribution is -0.207. The third-order valence-corrected chi connectivity index (χ3v) is 5.15. The van der Waals surface area contributed by atoms with Crippen molar-refractivity contribution in [3.05, 3.63) is 53.6 Å². The van der Waals surface area contributed by atoms with Gasteiger partial charge in [0, 0.05) is 11.3 Å². The van der Waals surface area contributed by atoms with Gasteiger partial charge in [-0.05, 0) is 51.1 Å². The van der Waals surface area contributed by atoms with E-state index in [0.29, 0.717) is 0 Å². The number of hydrogen-bond donors (Lipinski definition) is 2. The summed E-state index contributed by atoms with van der Waals surface area (Å²) in [6.45, 7) is 2.41. The molecule has 1 aliphatic heterocycles. The lowest BCUT2D eigenvalue weighted by atomic mass is 9.77. The first-order chi connectivity index (χ1) is 15.3. The Balaban J connectivity index is 1.88. The Bertz CT molecular complexity index is 1080. The first-order valence-electron chi connectivity index (χ1n) is 9.67. The van der Waals surface area contributed by atoms with Crippen LogP contribution in [-0.2, 0) is 10.3 Å². The van der Waals surface area contributed by atoms with Crippen molar-refractivity contribution in [3.8, 4) is 5.75 Å². The van der Waals surface area contributed by atoms with Gasteiger partial charge in [0.05, 0.1) is 6.20 Å². The molecule has 0 radical (unpaired) electrons. The average Bonchev–Trinajstić information content (AvgIpc) is 2.72. The van der Waals surface area contributed by atoms with Gasteiger partial charge in [0.2, 0.25) is 0 Å². The second-order valence-corrected chi connectivity index (χ2v) is 7.94. The van der Waals surface area contributed by atoms with E-state index in [9.17, 15) is 18.0 Å². The molecule has 1 aromatic heterocycles. The molecule has 3 rings (SSSR count). The fourth-order valence-corrected chi connectivity index (χ4v) is 3.38. The monoisotopic (exact) mass is 472 g/mol. The Morgan fingerprint density at radius 2 is 1.91 bits per heavy atom. The highest BCUT2D eigenvalue weighted by molar-refractivity contribution is 6.02. The first-order valence-corrected chi connectivity index (χ1v) is 9.67. The van der Waals surface area contributed by atoms with Crippen molar-refractivity contribution in [1.82, 2.24) is 4.98 Å². The van der Waals surface area contributed by atoms with Crippen LogP contribution in [0.2, 0.25) is 0 Å². The van der Waals surface area contributed by atoms with Crippen molar-refractivity contribution in [2.75, 3.05) is 11.9 Å². The highest BCUT2D eigenvalue weighted by atomic mass is 19.3. The minimum atomic E-state index is -3.68. The van der Waals surface area contributed by atoms with Crippen LogP contribution >= 0.6 is 0 Å². The zero-order chi connectivity index (χ0) is 24.6. The molecule has 1 amide bonds. The molecular weight excluding hydrogens is 451 g/mol. The maximum absolute atomic E-state index is 15.3. The van der Waals surface area contributed by atoms with Crippen molar-refractivity contribution in [2.45, 2.75) is 44.3 Å². The molecule has 1 aliphatic rings. The molecule has 33 heavy (non-hydrogen) atoms. The Kier molecular flexibility index (Phi) is 6.22. The van der Waals surface area contributed by atoms with E-state index in [2.05, 4.69) is 15.3 Å². The Hall–Kier alpha value is -3.44. The summed E-state index contributed by atoms with van der Waals surface area (Å²) < 4.78 is 79.4. The first kappa shape index (κ1) is 24.2. The summed E-state index contributed by atoms with van der Waals surface area (Å²) in [6.07, 6.45) is -1.59. The second kappa shape index (κ2) is 8.49. The van der Waals surface area contributed by atoms with E-state index in [-0.39, 0.29) is 17.1 Å². The molecule has 0 saturated carbocycles. The van der Waals surface area contributed by atoms with Gasteiger partial charge in [0.1, 0.15) is 23.9 Å². The van der Waals surface area contributed by atoms with Crippen LogP contribution in [0.5, 0.6) is 5.75 Å². The minimum Gasteiger partial charge on any atom is -0.486 e. The fourth-order valence-electron chi connectivity index (χ4n) is 3.38. The van der Waals surface area contributed by atoms with Gasteiger partial charge in [-0.1, -0.05) is 0 Å². The van der Waals surface area contributed by atoms with Gasteiger partial charge in [-0.3, -0.25) is 4.79 Å². The van der Waals surface area contributed by atoms with Gasteiger partial charge < -0.3 is 20.5 Å². The molecule has 12 heteroatoms. The summed E-state index contributed by atoms with van der Waals surface area (Å²) in [5.41, 5.74) is 0.442. The molecule has 0 spiro atoms. The smallest absolute Gasteiger partial charge is 0.315 e. The number of carbonyl (C=O) groups is 1. The van der Waals surface area contributed by atoms with E-state index in [0.717, 1.165) is 39.1 Å². The number of nitrogens with one attached hydrogen (secondary N) is 1. The SMILES string of the molecule is CC1(C)OC(N)=N[C@](C)(c2cc(NC(=O)c3ccc(OCC(F)F)cn3)ccc2F)C1(F)F. The summed E-state index contributed by atoms with van der Waals surface area (Å²) >= 11 is 0. The van der Waals surface area contributed by atoms with Crippen molar-refractivity contribution < 1.29 is 36.2 Å². The van der Waals surface area contributed by atoms with E-state index >= 15 is 8.78 Å². The van der Waals surface area contributed by atoms with Crippen LogP contribution in [0.4, 0.5) is 27.6 Å². The Morgan fingerprint density at radius 3 is 2.52 bits per heavy atom. The molecule has 1 atom stereocenters. The number of aromatic nitrogens is 1. The normalized spacial score (nSPS) is 21.2. The van der Waals surface area contributed by atoms with Crippen molar-refractivity contribution in [1.29, 1.82) is 0 Å². The summed E-state index contributed by atoms with van der Waals surface area (Å²) in [6, 6.07) is 5.08. The van der Waals surface area contributed by atoms with Crippen LogP contribution in [0, 0.1) is 5.82 Å². The average molecular weight is 472 g/mol. The molecule has 0 fully saturated rings. The maximum Gasteiger partial charge on any atom is 0.315 e. The Morgan fingerprint density at radius 1 is 1.21 bits per heavy atom. The molecule has 178 valence electrons. The van der Waals surface area contributed by atoms with E-state index in [1.54, 1.807) is 0 Å². The summed E-state index contributed by atoms with van der Waals surface area (Å²) in [5.74, 6) is -5.38. The van der Waals surface area contributed by atoms with Crippen LogP contribution in [0.25, 0.3) is 0 Å². The maximum atomic E-state index is 15.3. The number of halogens is 5. The quantitative estimate of drug-likeness (QED) is 0.617. The van der Waals surface area contributed by atoms with Crippen molar-refractivity contribution >= 4 is 17.6 Å². The van der Waals surface area contributed by atoms with Crippen LogP contribution in [0.1, 0.15) is 36.8 Å². The van der Waals surface area contributed by atoms with Crippen molar-refractivity contribution in [2.24, 2.45) is 10.7 Å². The molecular formula is C21H21F5N4O3.